The molecule has 0 saturated heterocycles. The van der Waals surface area contributed by atoms with Crippen molar-refractivity contribution in [3.63, 3.8) is 0 Å². The number of aliphatic hydroxyl groups is 1. The number of ketones is 1. The van der Waals surface area contributed by atoms with E-state index in [2.05, 4.69) is 45.2 Å². The van der Waals surface area contributed by atoms with E-state index in [-0.39, 0.29) is 39.7 Å². The first-order valence-corrected chi connectivity index (χ1v) is 33.4. The molecule has 0 radical (unpaired) electrons. The number of rotatable bonds is 4. The molecule has 0 spiro atoms. The van der Waals surface area contributed by atoms with E-state index in [1.54, 1.807) is 13.8 Å². The van der Waals surface area contributed by atoms with Gasteiger partial charge in [-0.3, -0.25) is 14.4 Å². The van der Waals surface area contributed by atoms with Gasteiger partial charge in [-0.25, -0.2) is 5.26 Å². The number of Topliss-reactive ketones (excluding diaryl/α,β-unsaturated/α-hetero) is 1. The number of hydrogen-bond donors (Lipinski definition) is 1. The predicted octanol–water partition coefficient (Wildman–Crippen LogP) is 5.46. The maximum absolute atomic E-state index is 11.3. The molecule has 0 aromatic rings. The molecule has 0 atom stereocenters. The molecule has 196 valence electrons. The number of nitriles is 2. The van der Waals surface area contributed by atoms with Gasteiger partial charge in [0.05, 0.1) is 31.1 Å². The molecular weight excluding hydrogens is 748 g/mol. The van der Waals surface area contributed by atoms with Crippen LogP contribution in [0.2, 0.25) is 19.6 Å². The van der Waals surface area contributed by atoms with Crippen molar-refractivity contribution in [1.29, 1.82) is 10.5 Å². The Bertz CT molecular complexity index is 719. The summed E-state index contributed by atoms with van der Waals surface area (Å²) in [6, 6.07) is 1.88. The Morgan fingerprint density at radius 2 is 1.34 bits per heavy atom. The third kappa shape index (κ3) is 19.6. The molecule has 0 amide bonds. The number of carbonyl (C=O) groups excluding carboxylic acids is 3. The first-order valence-electron chi connectivity index (χ1n) is 11.8. The average molecular weight is 786 g/mol. The van der Waals surface area contributed by atoms with E-state index in [4.69, 9.17) is 20.0 Å². The predicted molar refractivity (Wildman–Crippen MR) is 150 cm³/mol. The van der Waals surface area contributed by atoms with E-state index in [1.807, 2.05) is 25.7 Å². The molecule has 35 heavy (non-hydrogen) atoms. The van der Waals surface area contributed by atoms with Gasteiger partial charge in [-0.15, -0.1) is 0 Å². The van der Waals surface area contributed by atoms with Crippen LogP contribution >= 0.6 is 39.5 Å². The van der Waals surface area contributed by atoms with Gasteiger partial charge in [0.2, 0.25) is 0 Å². The summed E-state index contributed by atoms with van der Waals surface area (Å²) >= 11 is 4.93. The molecule has 0 unspecified atom stereocenters. The Morgan fingerprint density at radius 3 is 1.63 bits per heavy atom. The number of halogens is 2. The van der Waals surface area contributed by atoms with Gasteiger partial charge >= 0.3 is 61.5 Å². The second-order valence-electron chi connectivity index (χ2n) is 9.20. The van der Waals surface area contributed by atoms with Crippen LogP contribution in [-0.2, 0) is 34.0 Å². The summed E-state index contributed by atoms with van der Waals surface area (Å²) < 4.78 is 9.75. The summed E-state index contributed by atoms with van der Waals surface area (Å²) in [5, 5.41) is 26.5. The van der Waals surface area contributed by atoms with Gasteiger partial charge in [0.25, 0.3) is 0 Å². The molecule has 12 heteroatoms. The summed E-state index contributed by atoms with van der Waals surface area (Å²) in [6.07, 6.45) is 4.27. The summed E-state index contributed by atoms with van der Waals surface area (Å²) in [4.78, 5) is 33.3. The van der Waals surface area contributed by atoms with Crippen molar-refractivity contribution < 1.29 is 39.1 Å². The zero-order chi connectivity index (χ0) is 27.5. The summed E-state index contributed by atoms with van der Waals surface area (Å²) in [5.41, 5.74) is 1.02. The molecule has 8 nitrogen and oxygen atoms in total. The Morgan fingerprint density at radius 1 is 1.00 bits per heavy atom. The second-order valence-corrected chi connectivity index (χ2v) is 37.4. The Balaban J connectivity index is 0. The van der Waals surface area contributed by atoms with Crippen molar-refractivity contribution in [3.8, 4) is 11.8 Å². The van der Waals surface area contributed by atoms with Gasteiger partial charge in [-0.2, -0.15) is 5.26 Å². The van der Waals surface area contributed by atoms with Crippen LogP contribution in [0.25, 0.3) is 0 Å². The molecule has 0 aromatic heterocycles. The molecule has 2 aliphatic carbocycles. The van der Waals surface area contributed by atoms with Crippen LogP contribution in [0, 0.1) is 34.1 Å². The van der Waals surface area contributed by atoms with E-state index in [0.717, 1.165) is 0 Å². The molecule has 0 heterocycles. The van der Waals surface area contributed by atoms with Crippen LogP contribution < -0.4 is 0 Å². The van der Waals surface area contributed by atoms with Gasteiger partial charge in [0.15, 0.2) is 13.7 Å². The standard InChI is InChI=1S/C10H15NO3.C9H14O3.C4H9NSi.2HI.Zn/c1-2-14-9(12)8-3-5-10(13,7-11)6-4-8;1-2-12-9(11)7-3-5-8(10)6-4-7;1-6(2,3)4-5;;;/h8,13H,2-6H2,1H3;7H,2-6H2,1H3;1-3H3;2*1H;/q;;;;;+2/p-2. The van der Waals surface area contributed by atoms with Crippen molar-refractivity contribution in [3.05, 3.63) is 0 Å². The van der Waals surface area contributed by atoms with Crippen LogP contribution in [0.15, 0.2) is 0 Å². The Kier molecular flexibility index (Phi) is 22.1. The number of ether oxygens (including phenoxy) is 2. The zero-order valence-electron chi connectivity index (χ0n) is 21.6. The molecule has 1 N–H and O–H groups in total. The zero-order valence-corrected chi connectivity index (χ0v) is 29.9. The molecule has 0 bridgehead atoms. The van der Waals surface area contributed by atoms with E-state index in [1.165, 1.54) is 0 Å². The third-order valence-electron chi connectivity index (χ3n) is 5.14. The van der Waals surface area contributed by atoms with Crippen LogP contribution in [0.5, 0.6) is 0 Å². The van der Waals surface area contributed by atoms with E-state index >= 15 is 0 Å². The van der Waals surface area contributed by atoms with Crippen LogP contribution in [0.1, 0.15) is 65.2 Å². The SMILES string of the molecule is CCOC(=O)C1CCC(=O)CC1.CCOC(=O)C1CCC(O)(C#N)CC1.C[Si](C)(C)C#N.[I][Zn][I]. The fourth-order valence-corrected chi connectivity index (χ4v) is 3.14. The number of nitrogens with zero attached hydrogens (tertiary/aromatic N) is 2. The first kappa shape index (κ1) is 37.0. The minimum atomic E-state index is -1.33. The minimum absolute atomic E-state index is 0.0253. The summed E-state index contributed by atoms with van der Waals surface area (Å²) in [6.45, 7) is 10.5. The number of esters is 2. The van der Waals surface area contributed by atoms with Gasteiger partial charge in [-0.1, -0.05) is 19.6 Å². The van der Waals surface area contributed by atoms with Crippen molar-refractivity contribution in [2.45, 2.75) is 90.5 Å². The molecule has 0 aromatic carbocycles. The molecule has 2 aliphatic rings. The van der Waals surface area contributed by atoms with E-state index in [9.17, 15) is 19.5 Å². The van der Waals surface area contributed by atoms with E-state index in [0.29, 0.717) is 64.6 Å². The van der Waals surface area contributed by atoms with Gasteiger partial charge < -0.3 is 14.6 Å². The Labute approximate surface area is 240 Å². The second kappa shape index (κ2) is 20.9. The van der Waals surface area contributed by atoms with Crippen LogP contribution in [0.4, 0.5) is 0 Å². The molecular formula is C23H38I2N2O6SiZn. The Hall–Kier alpha value is -0.150. The maximum atomic E-state index is 11.3. The quantitative estimate of drug-likeness (QED) is 0.172. The molecule has 2 fully saturated rings. The topological polar surface area (TPSA) is 137 Å². The number of hydrogen-bond acceptors (Lipinski definition) is 8. The van der Waals surface area contributed by atoms with Crippen molar-refractivity contribution in [2.24, 2.45) is 11.8 Å². The summed E-state index contributed by atoms with van der Waals surface area (Å²) in [7, 11) is -1.26. The fraction of sp³-hybridized carbons (Fsp3) is 0.783. The van der Waals surface area contributed by atoms with Gasteiger partial charge in [-0.05, 0) is 52.4 Å². The molecule has 0 aliphatic heterocycles. The average Bonchev–Trinajstić information content (AvgIpc) is 2.81. The van der Waals surface area contributed by atoms with Crippen LogP contribution in [0.3, 0.4) is 0 Å². The van der Waals surface area contributed by atoms with E-state index < -0.39 is 13.7 Å². The van der Waals surface area contributed by atoms with Crippen LogP contribution in [-0.4, -0.2) is 49.7 Å². The monoisotopic (exact) mass is 784 g/mol. The fourth-order valence-electron chi connectivity index (χ4n) is 3.14. The molecule has 2 saturated carbocycles. The number of carbonyl (C=O) groups is 3. The first-order chi connectivity index (χ1) is 16.3. The van der Waals surface area contributed by atoms with Crippen molar-refractivity contribution in [1.82, 2.24) is 0 Å². The molecule has 2 rings (SSSR count). The van der Waals surface area contributed by atoms with Gasteiger partial charge in [0, 0.05) is 18.5 Å². The third-order valence-corrected chi connectivity index (χ3v) is 5.81. The van der Waals surface area contributed by atoms with Gasteiger partial charge in [0.1, 0.15) is 5.78 Å². The van der Waals surface area contributed by atoms with Crippen molar-refractivity contribution in [2.75, 3.05) is 13.2 Å². The van der Waals surface area contributed by atoms with Crippen molar-refractivity contribution >= 4 is 65.3 Å². The summed E-state index contributed by atoms with van der Waals surface area (Å²) in [5.74, 6) is -0.223. The normalized spacial score (nSPS) is 21.4.